The van der Waals surface area contributed by atoms with Gasteiger partial charge < -0.3 is 0 Å². The lowest BCUT2D eigenvalue weighted by Gasteiger charge is -2.40. The van der Waals surface area contributed by atoms with E-state index < -0.39 is 10.0 Å². The average molecular weight is 306 g/mol. The summed E-state index contributed by atoms with van der Waals surface area (Å²) in [6.07, 6.45) is 1.05. The minimum Gasteiger partial charge on any atom is -0.207 e. The molecule has 1 saturated heterocycles. The largest absolute Gasteiger partial charge is 0.243 e. The van der Waals surface area contributed by atoms with Crippen molar-refractivity contribution in [2.45, 2.75) is 45.1 Å². The molecule has 0 bridgehead atoms. The van der Waals surface area contributed by atoms with Crippen LogP contribution in [0.3, 0.4) is 0 Å². The number of aryl methyl sites for hydroxylation is 1. The molecule has 4 nitrogen and oxygen atoms in total. The van der Waals surface area contributed by atoms with E-state index in [1.807, 2.05) is 13.0 Å². The molecule has 1 heterocycles. The molecule has 0 saturated carbocycles. The van der Waals surface area contributed by atoms with Crippen LogP contribution in [0, 0.1) is 30.1 Å². The standard InChI is InChI=1S/C16H22N2O2S/c1-11-7-13(3)14(4)18(10-11)21(19,20)16-8-15(9-17)6-5-12(16)2/h5-6,8,11,13-14H,7,10H2,1-4H3. The van der Waals surface area contributed by atoms with Crippen LogP contribution in [0.5, 0.6) is 0 Å². The van der Waals surface area contributed by atoms with Gasteiger partial charge in [-0.25, -0.2) is 8.42 Å². The smallest absolute Gasteiger partial charge is 0.207 e. The van der Waals surface area contributed by atoms with E-state index in [0.29, 0.717) is 29.5 Å². The summed E-state index contributed by atoms with van der Waals surface area (Å²) < 4.78 is 27.6. The second-order valence-corrected chi connectivity index (χ2v) is 8.08. The quantitative estimate of drug-likeness (QED) is 0.844. The van der Waals surface area contributed by atoms with Gasteiger partial charge in [0.15, 0.2) is 0 Å². The molecular formula is C16H22N2O2S. The normalized spacial score (nSPS) is 27.3. The molecule has 0 amide bonds. The third-order valence-corrected chi connectivity index (χ3v) is 6.54. The van der Waals surface area contributed by atoms with Gasteiger partial charge in [0.1, 0.15) is 0 Å². The maximum absolute atomic E-state index is 13.0. The van der Waals surface area contributed by atoms with E-state index in [1.165, 1.54) is 6.07 Å². The van der Waals surface area contributed by atoms with Gasteiger partial charge >= 0.3 is 0 Å². The Labute approximate surface area is 127 Å². The zero-order valence-corrected chi connectivity index (χ0v) is 13.8. The highest BCUT2D eigenvalue weighted by Crippen LogP contribution is 2.32. The van der Waals surface area contributed by atoms with Crippen LogP contribution in [0.25, 0.3) is 0 Å². The maximum atomic E-state index is 13.0. The zero-order valence-electron chi connectivity index (χ0n) is 13.0. The van der Waals surface area contributed by atoms with Crippen molar-refractivity contribution in [3.63, 3.8) is 0 Å². The lowest BCUT2D eigenvalue weighted by atomic mass is 9.88. The topological polar surface area (TPSA) is 61.2 Å². The first kappa shape index (κ1) is 16.0. The van der Waals surface area contributed by atoms with E-state index in [0.717, 1.165) is 6.42 Å². The number of nitrogens with zero attached hydrogens (tertiary/aromatic N) is 2. The summed E-state index contributed by atoms with van der Waals surface area (Å²) in [5.41, 5.74) is 1.07. The van der Waals surface area contributed by atoms with Crippen molar-refractivity contribution in [3.8, 4) is 6.07 Å². The van der Waals surface area contributed by atoms with Crippen molar-refractivity contribution in [3.05, 3.63) is 29.3 Å². The number of nitriles is 1. The molecule has 1 aliphatic rings. The van der Waals surface area contributed by atoms with Gasteiger partial charge in [0, 0.05) is 12.6 Å². The zero-order chi connectivity index (χ0) is 15.8. The van der Waals surface area contributed by atoms with E-state index in [-0.39, 0.29) is 10.9 Å². The summed E-state index contributed by atoms with van der Waals surface area (Å²) in [6, 6.07) is 6.84. The van der Waals surface area contributed by atoms with E-state index in [2.05, 4.69) is 13.8 Å². The predicted octanol–water partition coefficient (Wildman–Crippen LogP) is 2.92. The van der Waals surface area contributed by atoms with Crippen LogP contribution in [0.2, 0.25) is 0 Å². The molecule has 1 aliphatic heterocycles. The SMILES string of the molecule is Cc1ccc(C#N)cc1S(=O)(=O)N1CC(C)CC(C)C1C. The monoisotopic (exact) mass is 306 g/mol. The second kappa shape index (κ2) is 5.78. The minimum atomic E-state index is -3.56. The minimum absolute atomic E-state index is 0.0173. The van der Waals surface area contributed by atoms with Crippen molar-refractivity contribution in [2.24, 2.45) is 11.8 Å². The van der Waals surface area contributed by atoms with E-state index in [4.69, 9.17) is 5.26 Å². The Balaban J connectivity index is 2.49. The molecular weight excluding hydrogens is 284 g/mol. The molecule has 3 unspecified atom stereocenters. The molecule has 2 rings (SSSR count). The van der Waals surface area contributed by atoms with E-state index in [9.17, 15) is 8.42 Å². The first-order valence-electron chi connectivity index (χ1n) is 7.30. The summed E-state index contributed by atoms with van der Waals surface area (Å²) in [6.45, 7) is 8.47. The Morgan fingerprint density at radius 2 is 1.95 bits per heavy atom. The van der Waals surface area contributed by atoms with Crippen molar-refractivity contribution >= 4 is 10.0 Å². The number of hydrogen-bond donors (Lipinski definition) is 0. The number of rotatable bonds is 2. The number of sulfonamides is 1. The first-order valence-corrected chi connectivity index (χ1v) is 8.74. The van der Waals surface area contributed by atoms with Crippen molar-refractivity contribution in [1.29, 1.82) is 5.26 Å². The van der Waals surface area contributed by atoms with Crippen LogP contribution in [0.15, 0.2) is 23.1 Å². The number of benzene rings is 1. The molecule has 0 aromatic heterocycles. The fourth-order valence-corrected chi connectivity index (χ4v) is 5.15. The second-order valence-electron chi connectivity index (χ2n) is 6.23. The Morgan fingerprint density at radius 3 is 2.57 bits per heavy atom. The van der Waals surface area contributed by atoms with Crippen LogP contribution >= 0.6 is 0 Å². The van der Waals surface area contributed by atoms with Gasteiger partial charge in [0.2, 0.25) is 10.0 Å². The highest BCUT2D eigenvalue weighted by atomic mass is 32.2. The van der Waals surface area contributed by atoms with Crippen LogP contribution < -0.4 is 0 Å². The molecule has 21 heavy (non-hydrogen) atoms. The third-order valence-electron chi connectivity index (χ3n) is 4.45. The van der Waals surface area contributed by atoms with Crippen LogP contribution in [-0.2, 0) is 10.0 Å². The van der Waals surface area contributed by atoms with E-state index in [1.54, 1.807) is 23.4 Å². The van der Waals surface area contributed by atoms with Gasteiger partial charge in [-0.2, -0.15) is 9.57 Å². The summed E-state index contributed by atoms with van der Waals surface area (Å²) >= 11 is 0. The molecule has 0 spiro atoms. The molecule has 0 radical (unpaired) electrons. The van der Waals surface area contributed by atoms with Gasteiger partial charge in [0.25, 0.3) is 0 Å². The summed E-state index contributed by atoms with van der Waals surface area (Å²) in [5.74, 6) is 0.688. The van der Waals surface area contributed by atoms with Gasteiger partial charge in [-0.1, -0.05) is 19.9 Å². The van der Waals surface area contributed by atoms with Gasteiger partial charge in [-0.15, -0.1) is 0 Å². The Bertz CT molecular complexity index is 676. The van der Waals surface area contributed by atoms with Crippen molar-refractivity contribution in [2.75, 3.05) is 6.54 Å². The molecule has 5 heteroatoms. The summed E-state index contributed by atoms with van der Waals surface area (Å²) in [7, 11) is -3.56. The van der Waals surface area contributed by atoms with Crippen LogP contribution in [0.1, 0.15) is 38.3 Å². The molecule has 0 N–H and O–H groups in total. The molecule has 3 atom stereocenters. The highest BCUT2D eigenvalue weighted by molar-refractivity contribution is 7.89. The molecule has 1 aromatic carbocycles. The molecule has 0 aliphatic carbocycles. The number of hydrogen-bond acceptors (Lipinski definition) is 3. The molecule has 114 valence electrons. The summed E-state index contributed by atoms with van der Waals surface area (Å²) in [5, 5.41) is 9.01. The molecule has 1 fully saturated rings. The van der Waals surface area contributed by atoms with Gasteiger partial charge in [-0.3, -0.25) is 0 Å². The summed E-state index contributed by atoms with van der Waals surface area (Å²) in [4.78, 5) is 0.259. The van der Waals surface area contributed by atoms with E-state index >= 15 is 0 Å². The maximum Gasteiger partial charge on any atom is 0.243 e. The predicted molar refractivity (Wildman–Crippen MR) is 82.2 cm³/mol. The lowest BCUT2D eigenvalue weighted by Crippen LogP contribution is -2.48. The Morgan fingerprint density at radius 1 is 1.29 bits per heavy atom. The van der Waals surface area contributed by atoms with Gasteiger partial charge in [0.05, 0.1) is 16.5 Å². The van der Waals surface area contributed by atoms with Crippen molar-refractivity contribution < 1.29 is 8.42 Å². The molecule has 1 aromatic rings. The van der Waals surface area contributed by atoms with Crippen molar-refractivity contribution in [1.82, 2.24) is 4.31 Å². The average Bonchev–Trinajstić information content (AvgIpc) is 2.43. The van der Waals surface area contributed by atoms with Crippen LogP contribution in [-0.4, -0.2) is 25.3 Å². The van der Waals surface area contributed by atoms with Gasteiger partial charge in [-0.05, 0) is 49.8 Å². The Kier molecular flexibility index (Phi) is 4.40. The first-order chi connectivity index (χ1) is 9.77. The fourth-order valence-electron chi connectivity index (χ4n) is 3.05. The lowest BCUT2D eigenvalue weighted by molar-refractivity contribution is 0.157. The number of piperidine rings is 1. The fraction of sp³-hybridized carbons (Fsp3) is 0.562. The Hall–Kier alpha value is -1.38. The van der Waals surface area contributed by atoms with Crippen LogP contribution in [0.4, 0.5) is 0 Å². The highest BCUT2D eigenvalue weighted by Gasteiger charge is 2.37. The third kappa shape index (κ3) is 2.97.